The van der Waals surface area contributed by atoms with Gasteiger partial charge < -0.3 is 14.2 Å². The number of carbonyl (C=O) groups is 2. The van der Waals surface area contributed by atoms with Crippen LogP contribution in [0.4, 0.5) is 15.3 Å². The Morgan fingerprint density at radius 3 is 1.77 bits per heavy atom. The Morgan fingerprint density at radius 1 is 0.700 bits per heavy atom. The van der Waals surface area contributed by atoms with Crippen molar-refractivity contribution < 1.29 is 23.8 Å². The molecule has 0 radical (unpaired) electrons. The molecule has 0 aromatic heterocycles. The maximum Gasteiger partial charge on any atom is 0.513 e. The van der Waals surface area contributed by atoms with Gasteiger partial charge in [0.2, 0.25) is 0 Å². The highest BCUT2D eigenvalue weighted by atomic mass is 16.7. The van der Waals surface area contributed by atoms with E-state index in [0.717, 1.165) is 25.7 Å². The van der Waals surface area contributed by atoms with Crippen molar-refractivity contribution in [1.29, 1.82) is 0 Å². The Kier molecular flexibility index (Phi) is 15.1. The van der Waals surface area contributed by atoms with E-state index in [0.29, 0.717) is 24.7 Å². The molecule has 0 aliphatic rings. The topological polar surface area (TPSA) is 73.9 Å². The lowest BCUT2D eigenvalue weighted by Crippen LogP contribution is -2.14. The van der Waals surface area contributed by atoms with Gasteiger partial charge in [0.25, 0.3) is 0 Å². The van der Waals surface area contributed by atoms with Gasteiger partial charge in [0.05, 0.1) is 13.2 Å². The predicted molar refractivity (Wildman–Crippen MR) is 120 cm³/mol. The first-order valence-corrected chi connectivity index (χ1v) is 11.5. The molecule has 0 saturated carbocycles. The predicted octanol–water partition coefficient (Wildman–Crippen LogP) is 7.47. The summed E-state index contributed by atoms with van der Waals surface area (Å²) in [7, 11) is 0. The lowest BCUT2D eigenvalue weighted by Gasteiger charge is -2.09. The molecule has 0 spiro atoms. The molecule has 0 fully saturated rings. The normalized spacial score (nSPS) is 10.5. The first-order valence-electron chi connectivity index (χ1n) is 11.5. The van der Waals surface area contributed by atoms with E-state index in [-0.39, 0.29) is 0 Å². The van der Waals surface area contributed by atoms with Crippen molar-refractivity contribution in [3.05, 3.63) is 24.3 Å². The Morgan fingerprint density at radius 2 is 1.20 bits per heavy atom. The molecule has 0 heterocycles. The van der Waals surface area contributed by atoms with Crippen LogP contribution in [0.5, 0.6) is 5.75 Å². The SMILES string of the molecule is CCCCCCCCOC(=O)Nc1ccc(OC(=O)OCCCCCCCC)cc1. The second-order valence-corrected chi connectivity index (χ2v) is 7.52. The molecule has 6 heteroatoms. The first-order chi connectivity index (χ1) is 14.7. The van der Waals surface area contributed by atoms with Gasteiger partial charge in [0.1, 0.15) is 5.75 Å². The van der Waals surface area contributed by atoms with Crippen molar-refractivity contribution in [1.82, 2.24) is 0 Å². The Bertz CT molecular complexity index is 522. The Balaban J connectivity index is 2.14. The van der Waals surface area contributed by atoms with Gasteiger partial charge in [0.15, 0.2) is 0 Å². The lowest BCUT2D eigenvalue weighted by molar-refractivity contribution is 0.0973. The van der Waals surface area contributed by atoms with E-state index in [1.807, 2.05) is 0 Å². The number of amides is 1. The van der Waals surface area contributed by atoms with E-state index in [2.05, 4.69) is 19.2 Å². The van der Waals surface area contributed by atoms with E-state index in [1.54, 1.807) is 24.3 Å². The van der Waals surface area contributed by atoms with Gasteiger partial charge in [-0.15, -0.1) is 0 Å². The summed E-state index contributed by atoms with van der Waals surface area (Å²) in [6.45, 7) is 5.16. The fourth-order valence-electron chi connectivity index (χ4n) is 2.97. The number of benzene rings is 1. The molecule has 1 aromatic rings. The monoisotopic (exact) mass is 421 g/mol. The van der Waals surface area contributed by atoms with Gasteiger partial charge in [-0.1, -0.05) is 78.1 Å². The molecule has 0 saturated heterocycles. The highest BCUT2D eigenvalue weighted by Crippen LogP contribution is 2.17. The zero-order valence-electron chi connectivity index (χ0n) is 18.8. The molecule has 1 N–H and O–H groups in total. The summed E-state index contributed by atoms with van der Waals surface area (Å²) in [6, 6.07) is 6.52. The fraction of sp³-hybridized carbons (Fsp3) is 0.667. The minimum atomic E-state index is -0.706. The average Bonchev–Trinajstić information content (AvgIpc) is 2.74. The molecule has 30 heavy (non-hydrogen) atoms. The molecule has 1 aromatic carbocycles. The van der Waals surface area contributed by atoms with Gasteiger partial charge in [-0.2, -0.15) is 0 Å². The largest absolute Gasteiger partial charge is 0.513 e. The molecule has 0 unspecified atom stereocenters. The summed E-state index contributed by atoms with van der Waals surface area (Å²) in [5.74, 6) is 0.369. The number of ether oxygens (including phenoxy) is 3. The third-order valence-electron chi connectivity index (χ3n) is 4.75. The van der Waals surface area contributed by atoms with E-state index in [4.69, 9.17) is 14.2 Å². The van der Waals surface area contributed by atoms with Crippen molar-refractivity contribution in [2.45, 2.75) is 90.9 Å². The van der Waals surface area contributed by atoms with Gasteiger partial charge in [-0.05, 0) is 37.1 Å². The highest BCUT2D eigenvalue weighted by molar-refractivity contribution is 5.84. The van der Waals surface area contributed by atoms with Crippen LogP contribution in [0.3, 0.4) is 0 Å². The molecule has 170 valence electrons. The number of unbranched alkanes of at least 4 members (excludes halogenated alkanes) is 10. The van der Waals surface area contributed by atoms with Gasteiger partial charge in [-0.25, -0.2) is 9.59 Å². The summed E-state index contributed by atoms with van der Waals surface area (Å²) in [5.41, 5.74) is 0.579. The van der Waals surface area contributed by atoms with Crippen LogP contribution in [0.25, 0.3) is 0 Å². The number of anilines is 1. The van der Waals surface area contributed by atoms with Gasteiger partial charge in [-0.3, -0.25) is 5.32 Å². The third kappa shape index (κ3) is 13.9. The summed E-state index contributed by atoms with van der Waals surface area (Å²) >= 11 is 0. The third-order valence-corrected chi connectivity index (χ3v) is 4.75. The number of hydrogen-bond acceptors (Lipinski definition) is 5. The second kappa shape index (κ2) is 17.6. The minimum absolute atomic E-state index is 0.369. The van der Waals surface area contributed by atoms with Crippen LogP contribution in [0.1, 0.15) is 90.9 Å². The maximum absolute atomic E-state index is 11.8. The summed E-state index contributed by atoms with van der Waals surface area (Å²) in [6.07, 6.45) is 12.5. The average molecular weight is 422 g/mol. The molecule has 0 aliphatic heterocycles. The molecular formula is C24H39NO5. The molecule has 1 amide bonds. The second-order valence-electron chi connectivity index (χ2n) is 7.52. The quantitative estimate of drug-likeness (QED) is 0.170. The van der Waals surface area contributed by atoms with Crippen molar-refractivity contribution in [2.75, 3.05) is 18.5 Å². The minimum Gasteiger partial charge on any atom is -0.449 e. The molecule has 0 aliphatic carbocycles. The van der Waals surface area contributed by atoms with Crippen LogP contribution >= 0.6 is 0 Å². The zero-order chi connectivity index (χ0) is 21.9. The molecule has 0 bridgehead atoms. The summed E-state index contributed by atoms with van der Waals surface area (Å²) in [5, 5.41) is 2.66. The fourth-order valence-corrected chi connectivity index (χ4v) is 2.97. The molecule has 6 nitrogen and oxygen atoms in total. The first kappa shape index (κ1) is 25.8. The molecular weight excluding hydrogens is 382 g/mol. The molecule has 1 rings (SSSR count). The van der Waals surface area contributed by atoms with Gasteiger partial charge >= 0.3 is 12.2 Å². The van der Waals surface area contributed by atoms with E-state index < -0.39 is 12.2 Å². The van der Waals surface area contributed by atoms with Crippen LogP contribution in [-0.2, 0) is 9.47 Å². The standard InChI is InChI=1S/C24H39NO5/c1-3-5-7-9-11-13-19-28-23(26)25-21-15-17-22(18-16-21)30-24(27)29-20-14-12-10-8-6-4-2/h15-18H,3-14,19-20H2,1-2H3,(H,25,26). The van der Waals surface area contributed by atoms with Crippen LogP contribution in [0, 0.1) is 0 Å². The van der Waals surface area contributed by atoms with Gasteiger partial charge in [0, 0.05) is 5.69 Å². The Hall–Kier alpha value is -2.24. The number of carbonyl (C=O) groups excluding carboxylic acids is 2. The number of nitrogens with one attached hydrogen (secondary N) is 1. The molecule has 0 atom stereocenters. The van der Waals surface area contributed by atoms with E-state index >= 15 is 0 Å². The highest BCUT2D eigenvalue weighted by Gasteiger charge is 2.07. The number of rotatable bonds is 16. The van der Waals surface area contributed by atoms with Crippen molar-refractivity contribution in [3.63, 3.8) is 0 Å². The van der Waals surface area contributed by atoms with Crippen molar-refractivity contribution in [3.8, 4) is 5.75 Å². The van der Waals surface area contributed by atoms with Crippen LogP contribution in [-0.4, -0.2) is 25.5 Å². The smallest absolute Gasteiger partial charge is 0.449 e. The van der Waals surface area contributed by atoms with Crippen LogP contribution < -0.4 is 10.1 Å². The maximum atomic E-state index is 11.8. The van der Waals surface area contributed by atoms with E-state index in [1.165, 1.54) is 51.4 Å². The van der Waals surface area contributed by atoms with E-state index in [9.17, 15) is 9.59 Å². The van der Waals surface area contributed by atoms with Crippen LogP contribution in [0.2, 0.25) is 0 Å². The summed E-state index contributed by atoms with van der Waals surface area (Å²) < 4.78 is 15.4. The van der Waals surface area contributed by atoms with Crippen LogP contribution in [0.15, 0.2) is 24.3 Å². The lowest BCUT2D eigenvalue weighted by atomic mass is 10.1. The Labute approximate surface area is 181 Å². The zero-order valence-corrected chi connectivity index (χ0v) is 18.8. The van der Waals surface area contributed by atoms with Crippen molar-refractivity contribution in [2.24, 2.45) is 0 Å². The van der Waals surface area contributed by atoms with Crippen molar-refractivity contribution >= 4 is 17.9 Å². The summed E-state index contributed by atoms with van der Waals surface area (Å²) in [4.78, 5) is 23.5. The number of hydrogen-bond donors (Lipinski definition) is 1.